The first-order chi connectivity index (χ1) is 9.63. The van der Waals surface area contributed by atoms with Gasteiger partial charge in [-0.3, -0.25) is 4.79 Å². The summed E-state index contributed by atoms with van der Waals surface area (Å²) in [5.41, 5.74) is 6.83. The molecule has 4 nitrogen and oxygen atoms in total. The number of ether oxygens (including phenoxy) is 1. The van der Waals surface area contributed by atoms with E-state index in [1.807, 2.05) is 29.2 Å². The SMILES string of the molecule is COC1CCN(C(=O)Cc2cccc(Br)c2)C(CN)C1.Cl. The molecule has 2 unspecified atom stereocenters. The molecular formula is C15H22BrClN2O2. The van der Waals surface area contributed by atoms with Crippen molar-refractivity contribution >= 4 is 34.2 Å². The zero-order chi connectivity index (χ0) is 14.5. The molecule has 1 heterocycles. The molecule has 1 aromatic rings. The van der Waals surface area contributed by atoms with Gasteiger partial charge in [0.1, 0.15) is 0 Å². The molecule has 0 bridgehead atoms. The summed E-state index contributed by atoms with van der Waals surface area (Å²) in [6, 6.07) is 7.96. The Morgan fingerprint density at radius 2 is 2.29 bits per heavy atom. The van der Waals surface area contributed by atoms with E-state index in [1.165, 1.54) is 0 Å². The van der Waals surface area contributed by atoms with E-state index in [-0.39, 0.29) is 30.5 Å². The van der Waals surface area contributed by atoms with Gasteiger partial charge in [-0.1, -0.05) is 28.1 Å². The van der Waals surface area contributed by atoms with Crippen LogP contribution in [0.2, 0.25) is 0 Å². The predicted molar refractivity (Wildman–Crippen MR) is 89.7 cm³/mol. The Kier molecular flexibility index (Phi) is 7.66. The summed E-state index contributed by atoms with van der Waals surface area (Å²) in [6.45, 7) is 1.22. The number of nitrogens with two attached hydrogens (primary N) is 1. The van der Waals surface area contributed by atoms with Gasteiger partial charge in [0.25, 0.3) is 0 Å². The Balaban J connectivity index is 0.00000220. The number of carbonyl (C=O) groups is 1. The van der Waals surface area contributed by atoms with Crippen molar-refractivity contribution in [2.75, 3.05) is 20.2 Å². The maximum Gasteiger partial charge on any atom is 0.227 e. The van der Waals surface area contributed by atoms with Gasteiger partial charge in [0, 0.05) is 30.7 Å². The fourth-order valence-corrected chi connectivity index (χ4v) is 3.15. The van der Waals surface area contributed by atoms with Crippen molar-refractivity contribution in [3.05, 3.63) is 34.3 Å². The third-order valence-corrected chi connectivity index (χ3v) is 4.33. The van der Waals surface area contributed by atoms with Crippen molar-refractivity contribution in [1.29, 1.82) is 0 Å². The normalized spacial score (nSPS) is 21.8. The highest BCUT2D eigenvalue weighted by molar-refractivity contribution is 9.10. The number of benzene rings is 1. The van der Waals surface area contributed by atoms with Crippen LogP contribution in [0.5, 0.6) is 0 Å². The molecule has 1 fully saturated rings. The molecule has 0 saturated carbocycles. The molecule has 2 atom stereocenters. The Morgan fingerprint density at radius 3 is 2.90 bits per heavy atom. The van der Waals surface area contributed by atoms with Crippen LogP contribution in [-0.2, 0) is 16.0 Å². The first-order valence-electron chi connectivity index (χ1n) is 6.90. The molecular weight excluding hydrogens is 356 g/mol. The number of likely N-dealkylation sites (tertiary alicyclic amines) is 1. The highest BCUT2D eigenvalue weighted by atomic mass is 79.9. The van der Waals surface area contributed by atoms with Crippen LogP contribution in [0.3, 0.4) is 0 Å². The molecule has 1 aliphatic heterocycles. The maximum atomic E-state index is 12.5. The van der Waals surface area contributed by atoms with Crippen LogP contribution >= 0.6 is 28.3 Å². The molecule has 2 rings (SSSR count). The summed E-state index contributed by atoms with van der Waals surface area (Å²) in [6.07, 6.45) is 2.36. The summed E-state index contributed by atoms with van der Waals surface area (Å²) in [7, 11) is 1.72. The summed E-state index contributed by atoms with van der Waals surface area (Å²) < 4.78 is 6.38. The summed E-state index contributed by atoms with van der Waals surface area (Å²) in [5.74, 6) is 0.146. The Bertz CT molecular complexity index is 473. The number of rotatable bonds is 4. The second-order valence-electron chi connectivity index (χ2n) is 5.17. The van der Waals surface area contributed by atoms with Crippen LogP contribution < -0.4 is 5.73 Å². The molecule has 2 N–H and O–H groups in total. The Morgan fingerprint density at radius 1 is 1.52 bits per heavy atom. The second kappa shape index (κ2) is 8.73. The molecule has 0 aromatic heterocycles. The van der Waals surface area contributed by atoms with Crippen molar-refractivity contribution in [2.45, 2.75) is 31.4 Å². The minimum absolute atomic E-state index is 0. The van der Waals surface area contributed by atoms with Crippen LogP contribution in [-0.4, -0.2) is 43.2 Å². The van der Waals surface area contributed by atoms with Gasteiger partial charge in [-0.15, -0.1) is 12.4 Å². The lowest BCUT2D eigenvalue weighted by atomic mass is 9.98. The van der Waals surface area contributed by atoms with Crippen LogP contribution in [0.1, 0.15) is 18.4 Å². The third kappa shape index (κ3) is 4.95. The number of hydrogen-bond donors (Lipinski definition) is 1. The Labute approximate surface area is 140 Å². The number of halogens is 2. The number of hydrogen-bond acceptors (Lipinski definition) is 3. The number of piperidine rings is 1. The van der Waals surface area contributed by atoms with Crippen molar-refractivity contribution in [3.63, 3.8) is 0 Å². The predicted octanol–water partition coefficient (Wildman–Crippen LogP) is 2.38. The van der Waals surface area contributed by atoms with Crippen molar-refractivity contribution in [3.8, 4) is 0 Å². The lowest BCUT2D eigenvalue weighted by Gasteiger charge is -2.38. The highest BCUT2D eigenvalue weighted by Crippen LogP contribution is 2.21. The van der Waals surface area contributed by atoms with E-state index in [0.717, 1.165) is 29.4 Å². The number of amides is 1. The van der Waals surface area contributed by atoms with Crippen molar-refractivity contribution < 1.29 is 9.53 Å². The van der Waals surface area contributed by atoms with Gasteiger partial charge < -0.3 is 15.4 Å². The number of methoxy groups -OCH3 is 1. The fourth-order valence-electron chi connectivity index (χ4n) is 2.70. The average Bonchev–Trinajstić information content (AvgIpc) is 2.46. The van der Waals surface area contributed by atoms with Crippen LogP contribution in [0, 0.1) is 0 Å². The van der Waals surface area contributed by atoms with Crippen molar-refractivity contribution in [1.82, 2.24) is 4.90 Å². The molecule has 6 heteroatoms. The van der Waals surface area contributed by atoms with E-state index in [9.17, 15) is 4.79 Å². The van der Waals surface area contributed by atoms with Gasteiger partial charge in [-0.05, 0) is 30.5 Å². The molecule has 1 aromatic carbocycles. The molecule has 1 aliphatic rings. The van der Waals surface area contributed by atoms with Gasteiger partial charge in [-0.25, -0.2) is 0 Å². The molecule has 0 radical (unpaired) electrons. The third-order valence-electron chi connectivity index (χ3n) is 3.84. The average molecular weight is 378 g/mol. The van der Waals surface area contributed by atoms with E-state index >= 15 is 0 Å². The van der Waals surface area contributed by atoms with Crippen molar-refractivity contribution in [2.24, 2.45) is 5.73 Å². The van der Waals surface area contributed by atoms with E-state index < -0.39 is 0 Å². The monoisotopic (exact) mass is 376 g/mol. The van der Waals surface area contributed by atoms with Gasteiger partial charge in [0.15, 0.2) is 0 Å². The van der Waals surface area contributed by atoms with E-state index in [0.29, 0.717) is 13.0 Å². The van der Waals surface area contributed by atoms with Gasteiger partial charge >= 0.3 is 0 Å². The molecule has 1 saturated heterocycles. The number of nitrogens with zero attached hydrogens (tertiary/aromatic N) is 1. The smallest absolute Gasteiger partial charge is 0.227 e. The van der Waals surface area contributed by atoms with Gasteiger partial charge in [-0.2, -0.15) is 0 Å². The summed E-state index contributed by atoms with van der Waals surface area (Å²) in [5, 5.41) is 0. The summed E-state index contributed by atoms with van der Waals surface area (Å²) >= 11 is 3.43. The largest absolute Gasteiger partial charge is 0.381 e. The zero-order valence-electron chi connectivity index (χ0n) is 12.1. The fraction of sp³-hybridized carbons (Fsp3) is 0.533. The topological polar surface area (TPSA) is 55.6 Å². The first kappa shape index (κ1) is 18.4. The van der Waals surface area contributed by atoms with Crippen LogP contribution in [0.15, 0.2) is 28.7 Å². The number of carbonyl (C=O) groups excluding carboxylic acids is 1. The minimum Gasteiger partial charge on any atom is -0.381 e. The zero-order valence-corrected chi connectivity index (χ0v) is 14.5. The second-order valence-corrected chi connectivity index (χ2v) is 6.08. The highest BCUT2D eigenvalue weighted by Gasteiger charge is 2.30. The van der Waals surface area contributed by atoms with Crippen LogP contribution in [0.4, 0.5) is 0 Å². The Hall–Kier alpha value is -0.620. The molecule has 0 aliphatic carbocycles. The maximum absolute atomic E-state index is 12.5. The van der Waals surface area contributed by atoms with E-state index in [4.69, 9.17) is 10.5 Å². The minimum atomic E-state index is 0. The standard InChI is InChI=1S/C15H21BrN2O2.ClH/c1-20-14-5-6-18(13(9-14)10-17)15(19)8-11-3-2-4-12(16)7-11;/h2-4,7,13-14H,5-6,8-10,17H2,1H3;1H. The lowest BCUT2D eigenvalue weighted by molar-refractivity contribution is -0.136. The molecule has 21 heavy (non-hydrogen) atoms. The first-order valence-corrected chi connectivity index (χ1v) is 7.70. The quantitative estimate of drug-likeness (QED) is 0.876. The lowest BCUT2D eigenvalue weighted by Crippen LogP contribution is -2.51. The van der Waals surface area contributed by atoms with Gasteiger partial charge in [0.2, 0.25) is 5.91 Å². The summed E-state index contributed by atoms with van der Waals surface area (Å²) in [4.78, 5) is 14.4. The van der Waals surface area contributed by atoms with E-state index in [1.54, 1.807) is 7.11 Å². The van der Waals surface area contributed by atoms with Crippen LogP contribution in [0.25, 0.3) is 0 Å². The van der Waals surface area contributed by atoms with Gasteiger partial charge in [0.05, 0.1) is 12.5 Å². The molecule has 1 amide bonds. The van der Waals surface area contributed by atoms with E-state index in [2.05, 4.69) is 15.9 Å². The molecule has 118 valence electrons. The molecule has 0 spiro atoms.